The molecular weight excluding hydrogens is 409 g/mol. The highest BCUT2D eigenvalue weighted by Crippen LogP contribution is 2.35. The molecule has 0 atom stereocenters. The van der Waals surface area contributed by atoms with Gasteiger partial charge >= 0.3 is 6.18 Å². The summed E-state index contributed by atoms with van der Waals surface area (Å²) >= 11 is 0. The van der Waals surface area contributed by atoms with Crippen LogP contribution in [-0.4, -0.2) is 55.3 Å². The van der Waals surface area contributed by atoms with E-state index in [0.717, 1.165) is 11.6 Å². The first-order valence-corrected chi connectivity index (χ1v) is 9.94. The van der Waals surface area contributed by atoms with Crippen LogP contribution in [0.15, 0.2) is 42.7 Å². The maximum Gasteiger partial charge on any atom is 0.418 e. The molecule has 0 radical (unpaired) electrons. The number of amides is 1. The second-order valence-electron chi connectivity index (χ2n) is 6.55. The van der Waals surface area contributed by atoms with E-state index in [4.69, 9.17) is 0 Å². The number of rotatable bonds is 5. The molecule has 156 valence electrons. The fraction of sp³-hybridized carbons (Fsp3) is 0.333. The van der Waals surface area contributed by atoms with E-state index < -0.39 is 34.2 Å². The van der Waals surface area contributed by atoms with E-state index in [0.29, 0.717) is 38.8 Å². The Morgan fingerprint density at radius 3 is 2.31 bits per heavy atom. The van der Waals surface area contributed by atoms with Crippen molar-refractivity contribution in [3.63, 3.8) is 0 Å². The van der Waals surface area contributed by atoms with Gasteiger partial charge < -0.3 is 4.90 Å². The van der Waals surface area contributed by atoms with Gasteiger partial charge in [0.25, 0.3) is 5.91 Å². The lowest BCUT2D eigenvalue weighted by Crippen LogP contribution is -2.48. The lowest BCUT2D eigenvalue weighted by atomic mass is 10.1. The molecule has 1 aromatic heterocycles. The van der Waals surface area contributed by atoms with E-state index >= 15 is 0 Å². The van der Waals surface area contributed by atoms with Gasteiger partial charge in [-0.25, -0.2) is 8.42 Å². The van der Waals surface area contributed by atoms with Crippen LogP contribution in [0.3, 0.4) is 0 Å². The summed E-state index contributed by atoms with van der Waals surface area (Å²) < 4.78 is 63.1. The van der Waals surface area contributed by atoms with Gasteiger partial charge in [-0.15, -0.1) is 0 Å². The van der Waals surface area contributed by atoms with Crippen molar-refractivity contribution < 1.29 is 26.4 Å². The molecule has 0 saturated carbocycles. The molecule has 1 aliphatic heterocycles. The minimum Gasteiger partial charge on any atom is -0.336 e. The molecule has 0 spiro atoms. The number of benzene rings is 1. The number of carbonyl (C=O) groups is 1. The van der Waals surface area contributed by atoms with Crippen LogP contribution in [0.2, 0.25) is 0 Å². The fourth-order valence-corrected chi connectivity index (χ4v) is 3.54. The topological polar surface area (TPSA) is 82.6 Å². The van der Waals surface area contributed by atoms with E-state index in [1.807, 2.05) is 12.1 Å². The quantitative estimate of drug-likeness (QED) is 0.712. The number of pyridine rings is 1. The predicted molar refractivity (Wildman–Crippen MR) is 101 cm³/mol. The smallest absolute Gasteiger partial charge is 0.336 e. The van der Waals surface area contributed by atoms with Gasteiger partial charge in [0, 0.05) is 50.7 Å². The highest BCUT2D eigenvalue weighted by Gasteiger charge is 2.35. The van der Waals surface area contributed by atoms with E-state index in [-0.39, 0.29) is 5.56 Å². The van der Waals surface area contributed by atoms with Gasteiger partial charge in [0.05, 0.1) is 11.3 Å². The predicted octanol–water partition coefficient (Wildman–Crippen LogP) is 2.00. The van der Waals surface area contributed by atoms with E-state index in [1.54, 1.807) is 17.1 Å². The van der Waals surface area contributed by atoms with Crippen molar-refractivity contribution >= 4 is 22.5 Å². The molecule has 11 heteroatoms. The number of hydrogen-bond acceptors (Lipinski definition) is 5. The minimum atomic E-state index is -4.80. The zero-order valence-corrected chi connectivity index (χ0v) is 16.1. The Morgan fingerprint density at radius 1 is 1.07 bits per heavy atom. The molecule has 0 unspecified atom stereocenters. The van der Waals surface area contributed by atoms with Crippen LogP contribution >= 0.6 is 0 Å². The third-order valence-corrected chi connectivity index (χ3v) is 5.02. The minimum absolute atomic E-state index is 0.133. The molecule has 7 nitrogen and oxygen atoms in total. The summed E-state index contributed by atoms with van der Waals surface area (Å²) in [6, 6.07) is 6.65. The number of carbonyl (C=O) groups excluding carboxylic acids is 1. The van der Waals surface area contributed by atoms with Crippen molar-refractivity contribution in [2.45, 2.75) is 12.7 Å². The normalized spacial score (nSPS) is 15.5. The summed E-state index contributed by atoms with van der Waals surface area (Å²) in [5.74, 6) is -0.517. The van der Waals surface area contributed by atoms with Crippen molar-refractivity contribution in [3.8, 4) is 0 Å². The SMILES string of the molecule is O=C(c1ccc(N[SH](=O)=O)c(C(F)(F)F)c1)N1CCN(Cc2ccncc2)CC1. The Morgan fingerprint density at radius 2 is 1.72 bits per heavy atom. The second-order valence-corrected chi connectivity index (χ2v) is 7.29. The van der Waals surface area contributed by atoms with Crippen molar-refractivity contribution in [1.82, 2.24) is 14.8 Å². The molecule has 0 bridgehead atoms. The molecule has 1 aliphatic rings. The van der Waals surface area contributed by atoms with Crippen LogP contribution in [0, 0.1) is 0 Å². The van der Waals surface area contributed by atoms with Crippen LogP contribution in [0.1, 0.15) is 21.5 Å². The van der Waals surface area contributed by atoms with Crippen LogP contribution in [0.5, 0.6) is 0 Å². The van der Waals surface area contributed by atoms with Crippen molar-refractivity contribution in [3.05, 3.63) is 59.4 Å². The Bertz CT molecular complexity index is 935. The van der Waals surface area contributed by atoms with E-state index in [9.17, 15) is 26.4 Å². The first kappa shape index (κ1) is 21.1. The highest BCUT2D eigenvalue weighted by atomic mass is 32.2. The third kappa shape index (κ3) is 5.45. The summed E-state index contributed by atoms with van der Waals surface area (Å²) in [5, 5.41) is 0. The van der Waals surface area contributed by atoms with E-state index in [1.165, 1.54) is 11.0 Å². The molecule has 1 aromatic carbocycles. The molecule has 2 heterocycles. The zero-order valence-electron chi connectivity index (χ0n) is 15.2. The monoisotopic (exact) mass is 428 g/mol. The number of nitrogens with one attached hydrogen (secondary N) is 1. The fourth-order valence-electron chi connectivity index (χ4n) is 3.15. The summed E-state index contributed by atoms with van der Waals surface area (Å²) in [6.45, 7) is 2.67. The van der Waals surface area contributed by atoms with Crippen molar-refractivity contribution in [2.75, 3.05) is 30.9 Å². The molecule has 3 rings (SSSR count). The molecule has 29 heavy (non-hydrogen) atoms. The lowest BCUT2D eigenvalue weighted by Gasteiger charge is -2.35. The van der Waals surface area contributed by atoms with Gasteiger partial charge in [0.1, 0.15) is 0 Å². The highest BCUT2D eigenvalue weighted by molar-refractivity contribution is 7.73. The van der Waals surface area contributed by atoms with Crippen LogP contribution in [-0.2, 0) is 23.6 Å². The van der Waals surface area contributed by atoms with Crippen molar-refractivity contribution in [1.29, 1.82) is 0 Å². The van der Waals surface area contributed by atoms with Gasteiger partial charge in [-0.05, 0) is 35.9 Å². The van der Waals surface area contributed by atoms with E-state index in [2.05, 4.69) is 9.88 Å². The van der Waals surface area contributed by atoms with Crippen molar-refractivity contribution in [2.24, 2.45) is 0 Å². The zero-order chi connectivity index (χ0) is 21.0. The first-order chi connectivity index (χ1) is 13.7. The average molecular weight is 428 g/mol. The largest absolute Gasteiger partial charge is 0.418 e. The molecule has 1 fully saturated rings. The summed E-state index contributed by atoms with van der Waals surface area (Å²) in [7, 11) is -3.26. The maximum absolute atomic E-state index is 13.3. The molecule has 1 N–H and O–H groups in total. The summed E-state index contributed by atoms with van der Waals surface area (Å²) in [6.07, 6.45) is -1.39. The van der Waals surface area contributed by atoms with Gasteiger partial charge in [-0.3, -0.25) is 19.4 Å². The van der Waals surface area contributed by atoms with Crippen LogP contribution < -0.4 is 4.72 Å². The van der Waals surface area contributed by atoms with Crippen LogP contribution in [0.25, 0.3) is 0 Å². The van der Waals surface area contributed by atoms with Gasteiger partial charge in [-0.2, -0.15) is 13.2 Å². The molecule has 1 saturated heterocycles. The Balaban J connectivity index is 1.69. The first-order valence-electron chi connectivity index (χ1n) is 8.77. The number of anilines is 1. The lowest BCUT2D eigenvalue weighted by molar-refractivity contribution is -0.136. The Labute approximate surface area is 167 Å². The molecule has 2 aromatic rings. The number of halogens is 3. The third-order valence-electron chi connectivity index (χ3n) is 4.60. The summed E-state index contributed by atoms with van der Waals surface area (Å²) in [5.41, 5.74) is -0.841. The number of alkyl halides is 3. The molecular formula is C18H19F3N4O3S. The molecule has 0 aliphatic carbocycles. The molecule has 1 amide bonds. The number of piperazine rings is 1. The number of hydrogen-bond donors (Lipinski definition) is 2. The average Bonchev–Trinajstić information content (AvgIpc) is 2.68. The van der Waals surface area contributed by atoms with Gasteiger partial charge in [-0.1, -0.05) is 0 Å². The van der Waals surface area contributed by atoms with Gasteiger partial charge in [0.15, 0.2) is 0 Å². The number of thiol groups is 1. The summed E-state index contributed by atoms with van der Waals surface area (Å²) in [4.78, 5) is 20.3. The Hall–Kier alpha value is -2.66. The Kier molecular flexibility index (Phi) is 6.38. The number of nitrogens with zero attached hydrogens (tertiary/aromatic N) is 3. The second kappa shape index (κ2) is 8.78. The van der Waals surface area contributed by atoms with Gasteiger partial charge in [0.2, 0.25) is 10.9 Å². The maximum atomic E-state index is 13.3. The number of aromatic nitrogens is 1. The van der Waals surface area contributed by atoms with Crippen LogP contribution in [0.4, 0.5) is 18.9 Å². The standard InChI is InChI=1S/C18H19F3N4O3S/c19-18(20,21)15-11-14(1-2-16(15)23-29(27)28)17(26)25-9-7-24(8-10-25)12-13-3-5-22-6-4-13/h1-6,11,29H,7-10,12H2,(H,23,27,28).